The van der Waals surface area contributed by atoms with E-state index in [9.17, 15) is 5.11 Å². The summed E-state index contributed by atoms with van der Waals surface area (Å²) in [6.07, 6.45) is 4.40. The van der Waals surface area contributed by atoms with E-state index in [4.69, 9.17) is 0 Å². The number of aromatic nitrogens is 2. The molecular formula is C16H15N3OS. The summed E-state index contributed by atoms with van der Waals surface area (Å²) in [7, 11) is 0. The van der Waals surface area contributed by atoms with Gasteiger partial charge in [0.25, 0.3) is 0 Å². The summed E-state index contributed by atoms with van der Waals surface area (Å²) in [6, 6.07) is 9.42. The van der Waals surface area contributed by atoms with Crippen LogP contribution in [0.4, 0.5) is 5.82 Å². The van der Waals surface area contributed by atoms with E-state index in [1.807, 2.05) is 12.3 Å². The lowest BCUT2D eigenvalue weighted by Crippen LogP contribution is -2.18. The second kappa shape index (κ2) is 5.00. The predicted molar refractivity (Wildman–Crippen MR) is 86.0 cm³/mol. The molecule has 0 aliphatic carbocycles. The summed E-state index contributed by atoms with van der Waals surface area (Å²) in [5, 5.41) is 10.5. The van der Waals surface area contributed by atoms with Gasteiger partial charge in [-0.05, 0) is 43.2 Å². The molecule has 2 aromatic heterocycles. The van der Waals surface area contributed by atoms with Gasteiger partial charge < -0.3 is 10.0 Å². The molecule has 0 unspecified atom stereocenters. The van der Waals surface area contributed by atoms with Gasteiger partial charge in [0.05, 0.1) is 10.2 Å². The van der Waals surface area contributed by atoms with Crippen molar-refractivity contribution in [1.29, 1.82) is 0 Å². The van der Waals surface area contributed by atoms with Gasteiger partial charge >= 0.3 is 0 Å². The fourth-order valence-electron chi connectivity index (χ4n) is 2.68. The summed E-state index contributed by atoms with van der Waals surface area (Å²) < 4.78 is 0.994. The SMILES string of the molecule is Oc1ccc2nc(-c3ccc(N4CCCC4)nc3)sc2c1. The first-order valence-electron chi connectivity index (χ1n) is 7.10. The quantitative estimate of drug-likeness (QED) is 0.784. The smallest absolute Gasteiger partial charge is 0.128 e. The maximum Gasteiger partial charge on any atom is 0.128 e. The van der Waals surface area contributed by atoms with E-state index >= 15 is 0 Å². The third kappa shape index (κ3) is 2.34. The van der Waals surface area contributed by atoms with Gasteiger partial charge in [-0.2, -0.15) is 0 Å². The molecule has 0 radical (unpaired) electrons. The average Bonchev–Trinajstić information content (AvgIpc) is 3.16. The highest BCUT2D eigenvalue weighted by molar-refractivity contribution is 7.21. The van der Waals surface area contributed by atoms with Crippen LogP contribution in [0.25, 0.3) is 20.8 Å². The Balaban J connectivity index is 1.67. The molecule has 5 heteroatoms. The number of hydrogen-bond donors (Lipinski definition) is 1. The number of rotatable bonds is 2. The maximum absolute atomic E-state index is 9.53. The normalized spacial score (nSPS) is 15.0. The lowest BCUT2D eigenvalue weighted by molar-refractivity contribution is 0.476. The topological polar surface area (TPSA) is 49.3 Å². The Morgan fingerprint density at radius 2 is 1.95 bits per heavy atom. The number of nitrogens with zero attached hydrogens (tertiary/aromatic N) is 3. The minimum absolute atomic E-state index is 0.278. The number of anilines is 1. The molecule has 1 aromatic carbocycles. The van der Waals surface area contributed by atoms with Crippen molar-refractivity contribution in [3.05, 3.63) is 36.5 Å². The van der Waals surface area contributed by atoms with E-state index in [0.717, 1.165) is 39.7 Å². The van der Waals surface area contributed by atoms with Crippen molar-refractivity contribution in [3.63, 3.8) is 0 Å². The van der Waals surface area contributed by atoms with E-state index in [1.165, 1.54) is 12.8 Å². The summed E-state index contributed by atoms with van der Waals surface area (Å²) in [6.45, 7) is 2.21. The number of phenolic OH excluding ortho intramolecular Hbond substituents is 1. The molecule has 0 amide bonds. The zero-order valence-corrected chi connectivity index (χ0v) is 12.3. The van der Waals surface area contributed by atoms with E-state index < -0.39 is 0 Å². The number of phenols is 1. The lowest BCUT2D eigenvalue weighted by Gasteiger charge is -2.15. The first kappa shape index (κ1) is 12.6. The maximum atomic E-state index is 9.53. The molecule has 0 saturated carbocycles. The van der Waals surface area contributed by atoms with Gasteiger partial charge in [-0.1, -0.05) is 0 Å². The average molecular weight is 297 g/mol. The number of pyridine rings is 1. The van der Waals surface area contributed by atoms with E-state index in [1.54, 1.807) is 23.5 Å². The highest BCUT2D eigenvalue weighted by atomic mass is 32.1. The molecule has 4 rings (SSSR count). The molecule has 0 spiro atoms. The molecule has 1 fully saturated rings. The van der Waals surface area contributed by atoms with Gasteiger partial charge in [0.15, 0.2) is 0 Å². The first-order valence-corrected chi connectivity index (χ1v) is 7.92. The number of thiazole rings is 1. The Kier molecular flexibility index (Phi) is 3.00. The van der Waals surface area contributed by atoms with Crippen LogP contribution in [0, 0.1) is 0 Å². The van der Waals surface area contributed by atoms with Crippen LogP contribution in [0.1, 0.15) is 12.8 Å². The first-order chi connectivity index (χ1) is 10.3. The van der Waals surface area contributed by atoms with Crippen molar-refractivity contribution in [3.8, 4) is 16.3 Å². The van der Waals surface area contributed by atoms with E-state index in [0.29, 0.717) is 0 Å². The molecule has 3 aromatic rings. The summed E-state index contributed by atoms with van der Waals surface area (Å²) in [5.74, 6) is 1.33. The Morgan fingerprint density at radius 1 is 1.10 bits per heavy atom. The van der Waals surface area contributed by atoms with Gasteiger partial charge in [0, 0.05) is 24.8 Å². The van der Waals surface area contributed by atoms with Crippen molar-refractivity contribution >= 4 is 27.4 Å². The van der Waals surface area contributed by atoms with Crippen LogP contribution in [-0.4, -0.2) is 28.2 Å². The lowest BCUT2D eigenvalue weighted by atomic mass is 10.3. The van der Waals surface area contributed by atoms with Crippen LogP contribution in [0.3, 0.4) is 0 Å². The number of benzene rings is 1. The number of fused-ring (bicyclic) bond motifs is 1. The second-order valence-electron chi connectivity index (χ2n) is 5.27. The van der Waals surface area contributed by atoms with Crippen LogP contribution < -0.4 is 4.90 Å². The molecule has 106 valence electrons. The van der Waals surface area contributed by atoms with Gasteiger partial charge in [-0.3, -0.25) is 0 Å². The monoisotopic (exact) mass is 297 g/mol. The highest BCUT2D eigenvalue weighted by Gasteiger charge is 2.14. The Labute approximate surface area is 126 Å². The minimum Gasteiger partial charge on any atom is -0.508 e. The fourth-order valence-corrected chi connectivity index (χ4v) is 3.67. The zero-order chi connectivity index (χ0) is 14.2. The molecule has 21 heavy (non-hydrogen) atoms. The van der Waals surface area contributed by atoms with E-state index in [-0.39, 0.29) is 5.75 Å². The molecular weight excluding hydrogens is 282 g/mol. The third-order valence-corrected chi connectivity index (χ3v) is 4.86. The molecule has 1 saturated heterocycles. The third-order valence-electron chi connectivity index (χ3n) is 3.80. The number of aromatic hydroxyl groups is 1. The predicted octanol–water partition coefficient (Wildman–Crippen LogP) is 3.66. The van der Waals surface area contributed by atoms with Crippen molar-refractivity contribution in [2.45, 2.75) is 12.8 Å². The van der Waals surface area contributed by atoms with Gasteiger partial charge in [0.2, 0.25) is 0 Å². The van der Waals surface area contributed by atoms with E-state index in [2.05, 4.69) is 27.0 Å². The Hall–Kier alpha value is -2.14. The molecule has 0 bridgehead atoms. The molecule has 1 aliphatic heterocycles. The van der Waals surface area contributed by atoms with Crippen LogP contribution in [-0.2, 0) is 0 Å². The van der Waals surface area contributed by atoms with Gasteiger partial charge in [-0.25, -0.2) is 9.97 Å². The summed E-state index contributed by atoms with van der Waals surface area (Å²) in [4.78, 5) is 11.5. The summed E-state index contributed by atoms with van der Waals surface area (Å²) >= 11 is 1.58. The van der Waals surface area contributed by atoms with Gasteiger partial charge in [0.1, 0.15) is 16.6 Å². The zero-order valence-electron chi connectivity index (χ0n) is 11.5. The molecule has 1 N–H and O–H groups in total. The standard InChI is InChI=1S/C16H15N3OS/c20-12-4-5-13-14(9-12)21-16(18-13)11-3-6-15(17-10-11)19-7-1-2-8-19/h3-6,9-10,20H,1-2,7-8H2. The van der Waals surface area contributed by atoms with Crippen LogP contribution in [0.5, 0.6) is 5.75 Å². The van der Waals surface area contributed by atoms with Crippen molar-refractivity contribution in [2.24, 2.45) is 0 Å². The fraction of sp³-hybridized carbons (Fsp3) is 0.250. The molecule has 3 heterocycles. The van der Waals surface area contributed by atoms with Crippen molar-refractivity contribution < 1.29 is 5.11 Å². The van der Waals surface area contributed by atoms with Crippen LogP contribution in [0.2, 0.25) is 0 Å². The van der Waals surface area contributed by atoms with Crippen molar-refractivity contribution in [2.75, 3.05) is 18.0 Å². The number of hydrogen-bond acceptors (Lipinski definition) is 5. The Morgan fingerprint density at radius 3 is 2.71 bits per heavy atom. The van der Waals surface area contributed by atoms with Crippen LogP contribution in [0.15, 0.2) is 36.5 Å². The summed E-state index contributed by atoms with van der Waals surface area (Å²) in [5.41, 5.74) is 1.94. The molecule has 4 nitrogen and oxygen atoms in total. The van der Waals surface area contributed by atoms with Crippen LogP contribution >= 0.6 is 11.3 Å². The molecule has 0 atom stereocenters. The second-order valence-corrected chi connectivity index (χ2v) is 6.30. The molecule has 1 aliphatic rings. The highest BCUT2D eigenvalue weighted by Crippen LogP contribution is 2.32. The minimum atomic E-state index is 0.278. The Bertz CT molecular complexity index is 776. The largest absolute Gasteiger partial charge is 0.508 e. The van der Waals surface area contributed by atoms with Gasteiger partial charge in [-0.15, -0.1) is 11.3 Å². The van der Waals surface area contributed by atoms with Crippen molar-refractivity contribution in [1.82, 2.24) is 9.97 Å².